The van der Waals surface area contributed by atoms with Crippen molar-refractivity contribution in [3.05, 3.63) is 52.8 Å². The van der Waals surface area contributed by atoms with E-state index in [0.717, 1.165) is 17.0 Å². The fourth-order valence-corrected chi connectivity index (χ4v) is 3.28. The Hall–Kier alpha value is -2.45. The number of aromatic nitrogens is 4. The molecule has 0 aliphatic heterocycles. The number of aryl methyl sites for hydroxylation is 2. The highest BCUT2D eigenvalue weighted by atomic mass is 32.2. The Morgan fingerprint density at radius 1 is 1.28 bits per heavy atom. The van der Waals surface area contributed by atoms with E-state index in [9.17, 15) is 4.79 Å². The van der Waals surface area contributed by atoms with E-state index < -0.39 is 0 Å². The van der Waals surface area contributed by atoms with Crippen LogP contribution in [0.5, 0.6) is 0 Å². The number of hydrogen-bond donors (Lipinski definition) is 0. The van der Waals surface area contributed by atoms with Crippen molar-refractivity contribution in [3.8, 4) is 0 Å². The van der Waals surface area contributed by atoms with Gasteiger partial charge in [0.05, 0.1) is 7.11 Å². The third-order valence-corrected chi connectivity index (χ3v) is 4.65. The lowest BCUT2D eigenvalue weighted by atomic mass is 10.1. The van der Waals surface area contributed by atoms with Gasteiger partial charge in [0, 0.05) is 29.8 Å². The topological polar surface area (TPSA) is 72.6 Å². The average Bonchev–Trinajstić information content (AvgIpc) is 3.02. The summed E-state index contributed by atoms with van der Waals surface area (Å²) in [4.78, 5) is 26.2. The molecule has 1 amide bonds. The zero-order chi connectivity index (χ0) is 18.0. The van der Waals surface area contributed by atoms with Crippen molar-refractivity contribution in [2.45, 2.75) is 24.8 Å². The van der Waals surface area contributed by atoms with Crippen LogP contribution in [0.25, 0.3) is 5.78 Å². The number of fused-ring (bicyclic) bond motifs is 1. The van der Waals surface area contributed by atoms with Crippen molar-refractivity contribution in [3.63, 3.8) is 0 Å². The minimum absolute atomic E-state index is 0.185. The summed E-state index contributed by atoms with van der Waals surface area (Å²) in [6.45, 7) is 3.90. The van der Waals surface area contributed by atoms with Gasteiger partial charge in [0.1, 0.15) is 0 Å². The highest BCUT2D eigenvalue weighted by molar-refractivity contribution is 7.98. The molecular formula is C17H19N5O2S. The Morgan fingerprint density at radius 2 is 2.04 bits per heavy atom. The molecule has 0 fully saturated rings. The first-order chi connectivity index (χ1) is 12.0. The van der Waals surface area contributed by atoms with Crippen molar-refractivity contribution in [1.82, 2.24) is 24.6 Å². The predicted octanol–water partition coefficient (Wildman–Crippen LogP) is 2.67. The van der Waals surface area contributed by atoms with Crippen LogP contribution in [-0.4, -0.2) is 44.7 Å². The van der Waals surface area contributed by atoms with Gasteiger partial charge < -0.3 is 0 Å². The molecule has 0 saturated heterocycles. The number of hydroxylamine groups is 2. The Bertz CT molecular complexity index is 925. The van der Waals surface area contributed by atoms with Gasteiger partial charge in [-0.1, -0.05) is 30.0 Å². The fourth-order valence-electron chi connectivity index (χ4n) is 2.46. The molecule has 0 aliphatic rings. The lowest BCUT2D eigenvalue weighted by molar-refractivity contribution is -0.0757. The predicted molar refractivity (Wildman–Crippen MR) is 95.4 cm³/mol. The molecule has 2 aromatic heterocycles. The third-order valence-electron chi connectivity index (χ3n) is 3.76. The lowest BCUT2D eigenvalue weighted by Gasteiger charge is -2.15. The molecule has 0 unspecified atom stereocenters. The van der Waals surface area contributed by atoms with Gasteiger partial charge in [-0.2, -0.15) is 4.98 Å². The van der Waals surface area contributed by atoms with E-state index >= 15 is 0 Å². The maximum atomic E-state index is 12.4. The second kappa shape index (κ2) is 7.20. The van der Waals surface area contributed by atoms with Gasteiger partial charge in [0.25, 0.3) is 11.7 Å². The molecule has 0 bridgehead atoms. The van der Waals surface area contributed by atoms with Gasteiger partial charge in [0.15, 0.2) is 0 Å². The zero-order valence-electron chi connectivity index (χ0n) is 14.6. The van der Waals surface area contributed by atoms with E-state index in [-0.39, 0.29) is 5.91 Å². The Morgan fingerprint density at radius 3 is 2.80 bits per heavy atom. The summed E-state index contributed by atoms with van der Waals surface area (Å²) in [5.74, 6) is 0.979. The van der Waals surface area contributed by atoms with Crippen molar-refractivity contribution in [1.29, 1.82) is 0 Å². The van der Waals surface area contributed by atoms with E-state index in [0.29, 0.717) is 22.3 Å². The number of carbonyl (C=O) groups excluding carboxylic acids is 1. The molecule has 130 valence electrons. The van der Waals surface area contributed by atoms with E-state index in [4.69, 9.17) is 4.84 Å². The highest BCUT2D eigenvalue weighted by Gasteiger charge is 2.16. The molecule has 0 saturated carbocycles. The summed E-state index contributed by atoms with van der Waals surface area (Å²) in [5.41, 5.74) is 3.40. The van der Waals surface area contributed by atoms with Gasteiger partial charge in [-0.15, -0.1) is 5.10 Å². The summed E-state index contributed by atoms with van der Waals surface area (Å²) in [7, 11) is 3.06. The Balaban J connectivity index is 1.83. The van der Waals surface area contributed by atoms with E-state index in [1.807, 2.05) is 38.1 Å². The third kappa shape index (κ3) is 3.64. The largest absolute Gasteiger partial charge is 0.277 e. The lowest BCUT2D eigenvalue weighted by Crippen LogP contribution is -2.26. The summed E-state index contributed by atoms with van der Waals surface area (Å²) in [6, 6.07) is 9.42. The van der Waals surface area contributed by atoms with E-state index in [1.54, 1.807) is 17.6 Å². The summed E-state index contributed by atoms with van der Waals surface area (Å²) in [6.07, 6.45) is 0. The van der Waals surface area contributed by atoms with Gasteiger partial charge in [-0.25, -0.2) is 14.6 Å². The molecule has 7 nitrogen and oxygen atoms in total. The summed E-state index contributed by atoms with van der Waals surface area (Å²) < 4.78 is 1.73. The highest BCUT2D eigenvalue weighted by Crippen LogP contribution is 2.23. The molecule has 2 heterocycles. The van der Waals surface area contributed by atoms with Crippen molar-refractivity contribution >= 4 is 23.4 Å². The first-order valence-electron chi connectivity index (χ1n) is 7.73. The number of hydrogen-bond acceptors (Lipinski definition) is 6. The van der Waals surface area contributed by atoms with Crippen LogP contribution in [0.3, 0.4) is 0 Å². The Labute approximate surface area is 150 Å². The summed E-state index contributed by atoms with van der Waals surface area (Å²) >= 11 is 1.47. The van der Waals surface area contributed by atoms with Gasteiger partial charge in [-0.3, -0.25) is 9.63 Å². The fraction of sp³-hybridized carbons (Fsp3) is 0.294. The van der Waals surface area contributed by atoms with Crippen LogP contribution in [0, 0.1) is 13.8 Å². The Kier molecular flexibility index (Phi) is 5.00. The normalized spacial score (nSPS) is 11.0. The van der Waals surface area contributed by atoms with Gasteiger partial charge in [0.2, 0.25) is 5.16 Å². The van der Waals surface area contributed by atoms with E-state index in [2.05, 4.69) is 15.1 Å². The monoisotopic (exact) mass is 357 g/mol. The molecule has 0 spiro atoms. The van der Waals surface area contributed by atoms with Gasteiger partial charge >= 0.3 is 0 Å². The molecule has 0 atom stereocenters. The maximum absolute atomic E-state index is 12.4. The zero-order valence-corrected chi connectivity index (χ0v) is 15.4. The molecule has 1 aromatic carbocycles. The maximum Gasteiger partial charge on any atom is 0.277 e. The molecule has 25 heavy (non-hydrogen) atoms. The molecule has 3 rings (SSSR count). The molecule has 8 heteroatoms. The number of carbonyl (C=O) groups is 1. The second-order valence-corrected chi connectivity index (χ2v) is 6.52. The number of nitrogens with zero attached hydrogens (tertiary/aromatic N) is 5. The minimum atomic E-state index is -0.185. The van der Waals surface area contributed by atoms with E-state index in [1.165, 1.54) is 23.9 Å². The molecule has 0 radical (unpaired) electrons. The number of thioether (sulfide) groups is 1. The molecular weight excluding hydrogens is 338 g/mol. The standard InChI is InChI=1S/C17H19N5O2S/c1-11-9-12(2)22-16(18-11)19-17(20-22)25-10-13-7-5-6-8-14(13)15(23)21(3)24-4/h5-9H,10H2,1-4H3. The van der Waals surface area contributed by atoms with Gasteiger partial charge in [-0.05, 0) is 31.5 Å². The van der Waals surface area contributed by atoms with Crippen LogP contribution in [-0.2, 0) is 10.6 Å². The van der Waals surface area contributed by atoms with Crippen LogP contribution < -0.4 is 0 Å². The smallest absolute Gasteiger partial charge is 0.274 e. The summed E-state index contributed by atoms with van der Waals surface area (Å²) in [5, 5.41) is 6.32. The second-order valence-electron chi connectivity index (χ2n) is 5.58. The van der Waals surface area contributed by atoms with Crippen LogP contribution in [0.1, 0.15) is 27.3 Å². The SMILES string of the molecule is CON(C)C(=O)c1ccccc1CSc1nc2nc(C)cc(C)n2n1. The molecule has 3 aromatic rings. The first kappa shape index (κ1) is 17.4. The molecule has 0 aliphatic carbocycles. The first-order valence-corrected chi connectivity index (χ1v) is 8.72. The van der Waals surface area contributed by atoms with Crippen LogP contribution in [0.4, 0.5) is 0 Å². The van der Waals surface area contributed by atoms with Crippen molar-refractivity contribution < 1.29 is 9.63 Å². The number of rotatable bonds is 5. The number of benzene rings is 1. The quantitative estimate of drug-likeness (QED) is 0.516. The van der Waals surface area contributed by atoms with Crippen LogP contribution in [0.2, 0.25) is 0 Å². The van der Waals surface area contributed by atoms with Crippen molar-refractivity contribution in [2.75, 3.05) is 14.2 Å². The van der Waals surface area contributed by atoms with Crippen molar-refractivity contribution in [2.24, 2.45) is 0 Å². The average molecular weight is 357 g/mol. The van der Waals surface area contributed by atoms with Crippen LogP contribution >= 0.6 is 11.8 Å². The van der Waals surface area contributed by atoms with Crippen LogP contribution in [0.15, 0.2) is 35.5 Å². The minimum Gasteiger partial charge on any atom is -0.274 e. The number of amides is 1. The molecule has 0 N–H and O–H groups in total.